The zero-order valence-electron chi connectivity index (χ0n) is 37.8. The van der Waals surface area contributed by atoms with E-state index in [1.54, 1.807) is 0 Å². The monoisotopic (exact) mass is 873 g/mol. The molecule has 1 heteroatoms. The van der Waals surface area contributed by atoms with Gasteiger partial charge in [-0.3, -0.25) is 0 Å². The highest BCUT2D eigenvalue weighted by molar-refractivity contribution is 6.18. The van der Waals surface area contributed by atoms with Crippen LogP contribution in [0.5, 0.6) is 0 Å². The second kappa shape index (κ2) is 15.8. The molecule has 0 unspecified atom stereocenters. The van der Waals surface area contributed by atoms with Gasteiger partial charge in [-0.15, -0.1) is 0 Å². The van der Waals surface area contributed by atoms with Crippen LogP contribution < -0.4 is 0 Å². The largest absolute Gasteiger partial charge is 0.308 e. The molecule has 0 radical (unpaired) electrons. The molecule has 13 aromatic rings. The van der Waals surface area contributed by atoms with E-state index in [1.165, 1.54) is 138 Å². The Kier molecular flexibility index (Phi) is 8.97. The molecule has 0 N–H and O–H groups in total. The Balaban J connectivity index is 0.837. The molecule has 0 aliphatic carbocycles. The average molecular weight is 874 g/mol. The number of para-hydroxylation sites is 1. The van der Waals surface area contributed by atoms with Crippen LogP contribution in [-0.2, 0) is 0 Å². The van der Waals surface area contributed by atoms with Crippen molar-refractivity contribution in [1.29, 1.82) is 0 Å². The van der Waals surface area contributed by atoms with Crippen LogP contribution in [0.1, 0.15) is 0 Å². The smallest absolute Gasteiger partial charge is 0.0620 e. The summed E-state index contributed by atoms with van der Waals surface area (Å²) >= 11 is 0. The Morgan fingerprint density at radius 1 is 0.203 bits per heavy atom. The second-order valence-corrected chi connectivity index (χ2v) is 18.4. The summed E-state index contributed by atoms with van der Waals surface area (Å²) < 4.78 is 2.51. The third-order valence-electron chi connectivity index (χ3n) is 14.5. The third kappa shape index (κ3) is 6.47. The van der Waals surface area contributed by atoms with Crippen molar-refractivity contribution in [3.05, 3.63) is 261 Å². The summed E-state index contributed by atoms with van der Waals surface area (Å²) in [5.41, 5.74) is 23.3. The highest BCUT2D eigenvalue weighted by atomic mass is 15.0. The van der Waals surface area contributed by atoms with Crippen LogP contribution in [-0.4, -0.2) is 4.57 Å². The second-order valence-electron chi connectivity index (χ2n) is 18.4. The van der Waals surface area contributed by atoms with Gasteiger partial charge in [-0.25, -0.2) is 0 Å². The lowest BCUT2D eigenvalue weighted by atomic mass is 9.89. The Morgan fingerprint density at radius 3 is 1.39 bits per heavy atom. The first-order valence-electron chi connectivity index (χ1n) is 23.9. The van der Waals surface area contributed by atoms with Crippen molar-refractivity contribution in [1.82, 2.24) is 4.57 Å². The van der Waals surface area contributed by atoms with Crippen molar-refractivity contribution >= 4 is 43.4 Å². The van der Waals surface area contributed by atoms with Crippen LogP contribution in [0.3, 0.4) is 0 Å². The molecular formula is C68H43N. The van der Waals surface area contributed by atoms with Crippen LogP contribution in [0.25, 0.3) is 138 Å². The van der Waals surface area contributed by atoms with Crippen LogP contribution in [0, 0.1) is 0 Å². The van der Waals surface area contributed by atoms with E-state index in [1.807, 2.05) is 0 Å². The van der Waals surface area contributed by atoms with Gasteiger partial charge in [-0.2, -0.15) is 0 Å². The Labute approximate surface area is 401 Å². The fourth-order valence-electron chi connectivity index (χ4n) is 11.2. The van der Waals surface area contributed by atoms with E-state index in [-0.39, 0.29) is 0 Å². The Bertz CT molecular complexity index is 4140. The maximum atomic E-state index is 2.51. The highest BCUT2D eigenvalue weighted by Crippen LogP contribution is 2.49. The van der Waals surface area contributed by atoms with Gasteiger partial charge in [-0.1, -0.05) is 212 Å². The summed E-state index contributed by atoms with van der Waals surface area (Å²) in [6.45, 7) is 0. The molecule has 320 valence electrons. The lowest BCUT2D eigenvalue weighted by Crippen LogP contribution is -1.96. The SMILES string of the molecule is c1ccc(-c2ccc(-c3cccc(-c4cc5ccc(-c6ccc(-c7cc8c9c(c7)c7ccccc7n9-c7ccc(-c9ccccc9)cc7-c7ccccc7-8)cc6)cc5c5ccccc45)c3)cc2)cc1. The highest BCUT2D eigenvalue weighted by Gasteiger charge is 2.26. The summed E-state index contributed by atoms with van der Waals surface area (Å²) in [5.74, 6) is 0. The van der Waals surface area contributed by atoms with Gasteiger partial charge in [0.15, 0.2) is 0 Å². The van der Waals surface area contributed by atoms with Gasteiger partial charge < -0.3 is 4.57 Å². The van der Waals surface area contributed by atoms with Crippen molar-refractivity contribution < 1.29 is 0 Å². The quantitative estimate of drug-likeness (QED) is 0.147. The molecule has 14 rings (SSSR count). The number of hydrogen-bond acceptors (Lipinski definition) is 0. The van der Waals surface area contributed by atoms with E-state index < -0.39 is 0 Å². The summed E-state index contributed by atoms with van der Waals surface area (Å²) in [6.07, 6.45) is 0. The number of rotatable bonds is 6. The topological polar surface area (TPSA) is 4.93 Å². The van der Waals surface area contributed by atoms with Gasteiger partial charge in [-0.05, 0) is 148 Å². The number of hydrogen-bond donors (Lipinski definition) is 0. The molecule has 2 heterocycles. The van der Waals surface area contributed by atoms with Crippen molar-refractivity contribution in [2.45, 2.75) is 0 Å². The molecule has 1 nitrogen and oxygen atoms in total. The Hall–Kier alpha value is -9.04. The molecule has 0 spiro atoms. The lowest BCUT2D eigenvalue weighted by molar-refractivity contribution is 1.19. The van der Waals surface area contributed by atoms with Crippen LogP contribution in [0.2, 0.25) is 0 Å². The number of aromatic nitrogens is 1. The maximum absolute atomic E-state index is 2.51. The van der Waals surface area contributed by atoms with E-state index in [2.05, 4.69) is 265 Å². The van der Waals surface area contributed by atoms with Crippen molar-refractivity contribution in [2.75, 3.05) is 0 Å². The van der Waals surface area contributed by atoms with Crippen LogP contribution in [0.4, 0.5) is 0 Å². The third-order valence-corrected chi connectivity index (χ3v) is 14.5. The molecular weight excluding hydrogens is 831 g/mol. The summed E-state index contributed by atoms with van der Waals surface area (Å²) in [6, 6.07) is 96.3. The van der Waals surface area contributed by atoms with Gasteiger partial charge >= 0.3 is 0 Å². The number of benzene rings is 12. The Morgan fingerprint density at radius 2 is 0.667 bits per heavy atom. The van der Waals surface area contributed by atoms with Crippen LogP contribution in [0.15, 0.2) is 261 Å². The molecule has 12 aromatic carbocycles. The van der Waals surface area contributed by atoms with Gasteiger partial charge in [0.1, 0.15) is 0 Å². The lowest BCUT2D eigenvalue weighted by Gasteiger charge is -2.14. The van der Waals surface area contributed by atoms with E-state index in [9.17, 15) is 0 Å². The minimum Gasteiger partial charge on any atom is -0.308 e. The van der Waals surface area contributed by atoms with Crippen molar-refractivity contribution in [2.24, 2.45) is 0 Å². The zero-order chi connectivity index (χ0) is 45.4. The summed E-state index contributed by atoms with van der Waals surface area (Å²) in [5, 5.41) is 7.54. The molecule has 0 bridgehead atoms. The molecule has 1 aliphatic heterocycles. The normalized spacial score (nSPS) is 11.8. The van der Waals surface area contributed by atoms with Gasteiger partial charge in [0.2, 0.25) is 0 Å². The molecule has 69 heavy (non-hydrogen) atoms. The average Bonchev–Trinajstić information content (AvgIpc) is 3.70. The predicted molar refractivity (Wildman–Crippen MR) is 293 cm³/mol. The number of nitrogens with zero attached hydrogens (tertiary/aromatic N) is 1. The first kappa shape index (κ1) is 39.2. The first-order chi connectivity index (χ1) is 34.2. The summed E-state index contributed by atoms with van der Waals surface area (Å²) in [7, 11) is 0. The predicted octanol–water partition coefficient (Wildman–Crippen LogP) is 18.7. The fraction of sp³-hybridized carbons (Fsp3) is 0. The van der Waals surface area contributed by atoms with E-state index in [0.29, 0.717) is 0 Å². The summed E-state index contributed by atoms with van der Waals surface area (Å²) in [4.78, 5) is 0. The van der Waals surface area contributed by atoms with Crippen LogP contribution >= 0.6 is 0 Å². The number of fused-ring (bicyclic) bond motifs is 11. The molecule has 0 atom stereocenters. The minimum atomic E-state index is 1.20. The standard InChI is InChI=1S/C68H43N/c1-3-14-44(15-4-1)46-26-28-47(29-27-46)50-18-13-19-53(38-50)62-41-54-35-34-51(39-61(54)56-20-7-8-21-57(56)62)48-30-32-49(33-31-48)55-42-64-59-23-10-9-22-58(59)63-40-52(45-16-5-2-6-17-45)36-37-67(63)69-66-25-12-11-24-60(66)65(43-55)68(64)69/h1-43H. The van der Waals surface area contributed by atoms with Gasteiger partial charge in [0.25, 0.3) is 0 Å². The van der Waals surface area contributed by atoms with E-state index >= 15 is 0 Å². The maximum Gasteiger partial charge on any atom is 0.0620 e. The molecule has 1 aromatic heterocycles. The first-order valence-corrected chi connectivity index (χ1v) is 23.9. The van der Waals surface area contributed by atoms with Crippen molar-refractivity contribution in [3.8, 4) is 94.7 Å². The minimum absolute atomic E-state index is 1.20. The van der Waals surface area contributed by atoms with Gasteiger partial charge in [0.05, 0.1) is 16.7 Å². The van der Waals surface area contributed by atoms with E-state index in [0.717, 1.165) is 0 Å². The molecule has 0 saturated carbocycles. The molecule has 1 aliphatic rings. The van der Waals surface area contributed by atoms with Gasteiger partial charge in [0, 0.05) is 21.9 Å². The van der Waals surface area contributed by atoms with Crippen molar-refractivity contribution in [3.63, 3.8) is 0 Å². The molecule has 0 fully saturated rings. The fourth-order valence-corrected chi connectivity index (χ4v) is 11.2. The zero-order valence-corrected chi connectivity index (χ0v) is 37.8. The molecule has 0 amide bonds. The molecule has 0 saturated heterocycles. The van der Waals surface area contributed by atoms with E-state index in [4.69, 9.17) is 0 Å².